The Kier molecular flexibility index (Phi) is 3.47. The first-order chi connectivity index (χ1) is 9.99. The highest BCUT2D eigenvalue weighted by Crippen LogP contribution is 2.31. The van der Waals surface area contributed by atoms with Gasteiger partial charge < -0.3 is 9.80 Å². The lowest BCUT2D eigenvalue weighted by Crippen LogP contribution is -2.51. The average Bonchev–Trinajstić information content (AvgIpc) is 3.27. The van der Waals surface area contributed by atoms with Crippen molar-refractivity contribution < 1.29 is 9.59 Å². The number of rotatable bonds is 2. The maximum absolute atomic E-state index is 12.6. The van der Waals surface area contributed by atoms with Crippen molar-refractivity contribution >= 4 is 11.8 Å². The monoisotopic (exact) mass is 290 g/mol. The summed E-state index contributed by atoms with van der Waals surface area (Å²) in [5, 5.41) is 4.31. The van der Waals surface area contributed by atoms with Crippen LogP contribution in [-0.2, 0) is 11.8 Å². The Morgan fingerprint density at radius 3 is 2.10 bits per heavy atom. The number of piperazine rings is 1. The molecule has 0 atom stereocenters. The zero-order chi connectivity index (χ0) is 15.1. The fourth-order valence-electron chi connectivity index (χ4n) is 2.96. The molecule has 21 heavy (non-hydrogen) atoms. The van der Waals surface area contributed by atoms with Crippen LogP contribution in [0.2, 0.25) is 0 Å². The second-order valence-electron chi connectivity index (χ2n) is 6.06. The largest absolute Gasteiger partial charge is 0.339 e. The quantitative estimate of drug-likeness (QED) is 0.807. The van der Waals surface area contributed by atoms with Gasteiger partial charge in [-0.3, -0.25) is 14.3 Å². The molecule has 6 heteroatoms. The third kappa shape index (κ3) is 2.54. The fraction of sp³-hybridized carbons (Fsp3) is 0.667. The third-order valence-corrected chi connectivity index (χ3v) is 4.53. The van der Waals surface area contributed by atoms with Crippen LogP contribution in [0.4, 0.5) is 0 Å². The minimum atomic E-state index is 0.0385. The molecule has 2 amide bonds. The van der Waals surface area contributed by atoms with Gasteiger partial charge >= 0.3 is 0 Å². The predicted octanol–water partition coefficient (Wildman–Crippen LogP) is 0.731. The summed E-state index contributed by atoms with van der Waals surface area (Å²) in [6.07, 6.45) is 2.07. The molecule has 0 radical (unpaired) electrons. The van der Waals surface area contributed by atoms with Gasteiger partial charge in [-0.05, 0) is 26.7 Å². The summed E-state index contributed by atoms with van der Waals surface area (Å²) in [4.78, 5) is 28.4. The highest BCUT2D eigenvalue weighted by molar-refractivity contribution is 5.96. The van der Waals surface area contributed by atoms with Crippen molar-refractivity contribution in [2.75, 3.05) is 26.2 Å². The van der Waals surface area contributed by atoms with E-state index in [1.54, 1.807) is 4.68 Å². The smallest absolute Gasteiger partial charge is 0.257 e. The Labute approximate surface area is 124 Å². The van der Waals surface area contributed by atoms with Crippen molar-refractivity contribution in [3.8, 4) is 0 Å². The van der Waals surface area contributed by atoms with E-state index in [1.165, 1.54) is 0 Å². The van der Waals surface area contributed by atoms with Gasteiger partial charge in [0, 0.05) is 44.8 Å². The molecule has 2 fully saturated rings. The Bertz CT molecular complexity index is 581. The van der Waals surface area contributed by atoms with E-state index in [4.69, 9.17) is 0 Å². The highest BCUT2D eigenvalue weighted by Gasteiger charge is 2.35. The normalized spacial score (nSPS) is 19.0. The van der Waals surface area contributed by atoms with Gasteiger partial charge in [-0.15, -0.1) is 0 Å². The topological polar surface area (TPSA) is 58.4 Å². The van der Waals surface area contributed by atoms with Gasteiger partial charge in [0.15, 0.2) is 0 Å². The number of aromatic nitrogens is 2. The molecule has 2 aliphatic rings. The molecular weight excluding hydrogens is 268 g/mol. The molecule has 1 saturated heterocycles. The molecule has 1 saturated carbocycles. The van der Waals surface area contributed by atoms with Crippen LogP contribution in [0.3, 0.4) is 0 Å². The molecule has 0 N–H and O–H groups in total. The number of amides is 2. The summed E-state index contributed by atoms with van der Waals surface area (Å²) >= 11 is 0. The second-order valence-corrected chi connectivity index (χ2v) is 6.06. The van der Waals surface area contributed by atoms with Crippen LogP contribution >= 0.6 is 0 Å². The van der Waals surface area contributed by atoms with Gasteiger partial charge in [0.1, 0.15) is 0 Å². The molecule has 1 aromatic rings. The number of carbonyl (C=O) groups is 2. The van der Waals surface area contributed by atoms with E-state index in [-0.39, 0.29) is 17.7 Å². The summed E-state index contributed by atoms with van der Waals surface area (Å²) in [5.74, 6) is 0.572. The molecule has 2 heterocycles. The zero-order valence-electron chi connectivity index (χ0n) is 12.9. The lowest BCUT2D eigenvalue weighted by Gasteiger charge is -2.35. The van der Waals surface area contributed by atoms with Crippen LogP contribution in [0.5, 0.6) is 0 Å². The molecule has 0 spiro atoms. The third-order valence-electron chi connectivity index (χ3n) is 4.53. The van der Waals surface area contributed by atoms with Gasteiger partial charge in [-0.25, -0.2) is 0 Å². The lowest BCUT2D eigenvalue weighted by molar-refractivity contribution is -0.134. The fourth-order valence-corrected chi connectivity index (χ4v) is 2.96. The standard InChI is InChI=1S/C15H22N4O2/c1-10-13(11(2)17(3)16-10)15(21)19-8-6-18(7-9-19)14(20)12-4-5-12/h12H,4-9H2,1-3H3. The zero-order valence-corrected chi connectivity index (χ0v) is 12.9. The second kappa shape index (κ2) is 5.16. The van der Waals surface area contributed by atoms with Crippen molar-refractivity contribution in [3.63, 3.8) is 0 Å². The Balaban J connectivity index is 1.66. The molecule has 1 aliphatic heterocycles. The van der Waals surface area contributed by atoms with Gasteiger partial charge in [0.05, 0.1) is 11.3 Å². The average molecular weight is 290 g/mol. The Morgan fingerprint density at radius 2 is 1.62 bits per heavy atom. The summed E-state index contributed by atoms with van der Waals surface area (Å²) in [6.45, 7) is 6.32. The van der Waals surface area contributed by atoms with Crippen molar-refractivity contribution in [1.82, 2.24) is 19.6 Å². The summed E-state index contributed by atoms with van der Waals surface area (Å²) < 4.78 is 1.75. The van der Waals surface area contributed by atoms with Crippen LogP contribution in [0.25, 0.3) is 0 Å². The number of hydrogen-bond acceptors (Lipinski definition) is 3. The minimum absolute atomic E-state index is 0.0385. The van der Waals surface area contributed by atoms with Gasteiger partial charge in [0.2, 0.25) is 5.91 Å². The minimum Gasteiger partial charge on any atom is -0.339 e. The summed E-state index contributed by atoms with van der Waals surface area (Å²) in [5.41, 5.74) is 2.38. The van der Waals surface area contributed by atoms with Crippen molar-refractivity contribution in [2.24, 2.45) is 13.0 Å². The van der Waals surface area contributed by atoms with Crippen LogP contribution < -0.4 is 0 Å². The first-order valence-corrected chi connectivity index (χ1v) is 7.57. The van der Waals surface area contributed by atoms with E-state index in [2.05, 4.69) is 5.10 Å². The molecule has 6 nitrogen and oxygen atoms in total. The lowest BCUT2D eigenvalue weighted by atomic mass is 10.1. The first kappa shape index (κ1) is 14.1. The van der Waals surface area contributed by atoms with Gasteiger partial charge in [-0.2, -0.15) is 5.10 Å². The maximum Gasteiger partial charge on any atom is 0.257 e. The molecular formula is C15H22N4O2. The summed E-state index contributed by atoms with van der Waals surface area (Å²) in [7, 11) is 1.85. The van der Waals surface area contributed by atoms with E-state index in [9.17, 15) is 9.59 Å². The van der Waals surface area contributed by atoms with Crippen LogP contribution in [0, 0.1) is 19.8 Å². The van der Waals surface area contributed by atoms with Crippen molar-refractivity contribution in [1.29, 1.82) is 0 Å². The van der Waals surface area contributed by atoms with E-state index in [0.29, 0.717) is 31.7 Å². The highest BCUT2D eigenvalue weighted by atomic mass is 16.2. The molecule has 114 valence electrons. The maximum atomic E-state index is 12.6. The molecule has 0 aromatic carbocycles. The van der Waals surface area contributed by atoms with E-state index in [1.807, 2.05) is 30.7 Å². The SMILES string of the molecule is Cc1nn(C)c(C)c1C(=O)N1CCN(C(=O)C2CC2)CC1. The number of nitrogens with zero attached hydrogens (tertiary/aromatic N) is 4. The van der Waals surface area contributed by atoms with E-state index in [0.717, 1.165) is 24.2 Å². The van der Waals surface area contributed by atoms with E-state index >= 15 is 0 Å². The van der Waals surface area contributed by atoms with Crippen molar-refractivity contribution in [3.05, 3.63) is 17.0 Å². The first-order valence-electron chi connectivity index (χ1n) is 7.57. The van der Waals surface area contributed by atoms with Gasteiger partial charge in [0.25, 0.3) is 5.91 Å². The Morgan fingerprint density at radius 1 is 1.05 bits per heavy atom. The molecule has 0 bridgehead atoms. The molecule has 3 rings (SSSR count). The molecule has 1 aromatic heterocycles. The van der Waals surface area contributed by atoms with Gasteiger partial charge in [-0.1, -0.05) is 0 Å². The van der Waals surface area contributed by atoms with Crippen LogP contribution in [0.15, 0.2) is 0 Å². The summed E-state index contributed by atoms with van der Waals surface area (Å²) in [6, 6.07) is 0. The molecule has 1 aliphatic carbocycles. The number of hydrogen-bond donors (Lipinski definition) is 0. The van der Waals surface area contributed by atoms with Crippen LogP contribution in [-0.4, -0.2) is 57.6 Å². The predicted molar refractivity (Wildman–Crippen MR) is 77.9 cm³/mol. The number of carbonyl (C=O) groups excluding carboxylic acids is 2. The Hall–Kier alpha value is -1.85. The number of aryl methyl sites for hydroxylation is 2. The molecule has 0 unspecified atom stereocenters. The van der Waals surface area contributed by atoms with E-state index < -0.39 is 0 Å². The van der Waals surface area contributed by atoms with Crippen LogP contribution in [0.1, 0.15) is 34.6 Å². The van der Waals surface area contributed by atoms with Crippen molar-refractivity contribution in [2.45, 2.75) is 26.7 Å².